The van der Waals surface area contributed by atoms with Gasteiger partial charge in [-0.3, -0.25) is 4.79 Å². The van der Waals surface area contributed by atoms with Crippen molar-refractivity contribution in [3.63, 3.8) is 0 Å². The van der Waals surface area contributed by atoms with Crippen LogP contribution in [0, 0.1) is 0 Å². The molecule has 2 aromatic carbocycles. The number of nitrogens with one attached hydrogen (secondary N) is 1. The van der Waals surface area contributed by atoms with E-state index >= 15 is 0 Å². The van der Waals surface area contributed by atoms with Crippen molar-refractivity contribution in [1.29, 1.82) is 0 Å². The maximum Gasteiger partial charge on any atom is 0.338 e. The van der Waals surface area contributed by atoms with Gasteiger partial charge in [-0.05, 0) is 61.9 Å². The molecule has 1 heterocycles. The molecule has 0 aromatic heterocycles. The standard InChI is InChI=1S/C25H32N2O5S/c1-4-18(2)22-13-6-7-14-23(22)26-24(28)19(3)32-25(29)20-11-10-12-21(17-20)33(30,31)27-15-8-5-9-16-27/h6-7,10-14,17-19H,4-5,8-9,15-16H2,1-3H3,(H,26,28). The number of carbonyl (C=O) groups is 2. The number of piperidine rings is 1. The Kier molecular flexibility index (Phi) is 8.26. The Bertz CT molecular complexity index is 1090. The molecule has 0 saturated carbocycles. The molecule has 8 heteroatoms. The van der Waals surface area contributed by atoms with Gasteiger partial charge in [-0.15, -0.1) is 0 Å². The number of amides is 1. The Morgan fingerprint density at radius 1 is 1.03 bits per heavy atom. The summed E-state index contributed by atoms with van der Waals surface area (Å²) in [5.74, 6) is -0.927. The molecule has 33 heavy (non-hydrogen) atoms. The second-order valence-corrected chi connectivity index (χ2v) is 10.4. The second-order valence-electron chi connectivity index (χ2n) is 8.43. The molecule has 3 rings (SSSR count). The molecule has 0 aliphatic carbocycles. The number of carbonyl (C=O) groups excluding carboxylic acids is 2. The van der Waals surface area contributed by atoms with Gasteiger partial charge in [0.25, 0.3) is 5.91 Å². The molecule has 2 aromatic rings. The number of benzene rings is 2. The van der Waals surface area contributed by atoms with Crippen molar-refractivity contribution in [3.8, 4) is 0 Å². The zero-order valence-electron chi connectivity index (χ0n) is 19.4. The van der Waals surface area contributed by atoms with Crippen LogP contribution in [-0.4, -0.2) is 43.8 Å². The van der Waals surface area contributed by atoms with Crippen molar-refractivity contribution in [3.05, 3.63) is 59.7 Å². The van der Waals surface area contributed by atoms with Crippen LogP contribution in [0.5, 0.6) is 0 Å². The van der Waals surface area contributed by atoms with E-state index in [9.17, 15) is 18.0 Å². The van der Waals surface area contributed by atoms with Gasteiger partial charge in [-0.25, -0.2) is 13.2 Å². The van der Waals surface area contributed by atoms with Gasteiger partial charge in [0.05, 0.1) is 10.5 Å². The molecule has 1 saturated heterocycles. The van der Waals surface area contributed by atoms with Crippen molar-refractivity contribution in [2.75, 3.05) is 18.4 Å². The highest BCUT2D eigenvalue weighted by molar-refractivity contribution is 7.89. The molecule has 1 N–H and O–H groups in total. The minimum absolute atomic E-state index is 0.0541. The highest BCUT2D eigenvalue weighted by Gasteiger charge is 2.27. The predicted octanol–water partition coefficient (Wildman–Crippen LogP) is 4.56. The smallest absolute Gasteiger partial charge is 0.338 e. The number of anilines is 1. The van der Waals surface area contributed by atoms with E-state index in [0.717, 1.165) is 31.2 Å². The molecule has 1 fully saturated rings. The summed E-state index contributed by atoms with van der Waals surface area (Å²) in [6.45, 7) is 6.61. The SMILES string of the molecule is CCC(C)c1ccccc1NC(=O)C(C)OC(=O)c1cccc(S(=O)(=O)N2CCCCC2)c1. The number of esters is 1. The number of nitrogens with zero attached hydrogens (tertiary/aromatic N) is 1. The Hall–Kier alpha value is -2.71. The van der Waals surface area contributed by atoms with Crippen molar-refractivity contribution in [1.82, 2.24) is 4.31 Å². The van der Waals surface area contributed by atoms with Crippen LogP contribution in [0.4, 0.5) is 5.69 Å². The lowest BCUT2D eigenvalue weighted by atomic mass is 9.97. The van der Waals surface area contributed by atoms with Crippen molar-refractivity contribution in [2.45, 2.75) is 63.4 Å². The minimum Gasteiger partial charge on any atom is -0.449 e. The van der Waals surface area contributed by atoms with E-state index < -0.39 is 28.0 Å². The quantitative estimate of drug-likeness (QED) is 0.569. The highest BCUT2D eigenvalue weighted by atomic mass is 32.2. The third-order valence-electron chi connectivity index (χ3n) is 6.04. The van der Waals surface area contributed by atoms with E-state index in [1.165, 1.54) is 35.5 Å². The first-order valence-corrected chi connectivity index (χ1v) is 12.9. The summed E-state index contributed by atoms with van der Waals surface area (Å²) in [4.78, 5) is 25.4. The zero-order valence-corrected chi connectivity index (χ0v) is 20.2. The normalized spacial score (nSPS) is 16.6. The Balaban J connectivity index is 1.69. The first-order chi connectivity index (χ1) is 15.7. The Morgan fingerprint density at radius 2 is 1.73 bits per heavy atom. The summed E-state index contributed by atoms with van der Waals surface area (Å²) in [5, 5.41) is 2.84. The van der Waals surface area contributed by atoms with Gasteiger partial charge in [0, 0.05) is 18.8 Å². The molecule has 7 nitrogen and oxygen atoms in total. The van der Waals surface area contributed by atoms with Crippen LogP contribution in [0.3, 0.4) is 0 Å². The number of hydrogen-bond acceptors (Lipinski definition) is 5. The molecule has 0 radical (unpaired) electrons. The summed E-state index contributed by atoms with van der Waals surface area (Å²) >= 11 is 0. The molecule has 178 valence electrons. The summed E-state index contributed by atoms with van der Waals surface area (Å²) < 4.78 is 32.6. The van der Waals surface area contributed by atoms with E-state index in [0.29, 0.717) is 18.8 Å². The summed E-state index contributed by atoms with van der Waals surface area (Å²) in [6, 6.07) is 13.3. The van der Waals surface area contributed by atoms with Crippen LogP contribution in [0.25, 0.3) is 0 Å². The molecular formula is C25H32N2O5S. The fraction of sp³-hybridized carbons (Fsp3) is 0.440. The van der Waals surface area contributed by atoms with Gasteiger partial charge in [0.2, 0.25) is 10.0 Å². The van der Waals surface area contributed by atoms with E-state index in [4.69, 9.17) is 4.74 Å². The van der Waals surface area contributed by atoms with Gasteiger partial charge >= 0.3 is 5.97 Å². The number of rotatable bonds is 8. The van der Waals surface area contributed by atoms with E-state index in [-0.39, 0.29) is 16.4 Å². The Labute approximate surface area is 196 Å². The van der Waals surface area contributed by atoms with Crippen molar-refractivity contribution in [2.24, 2.45) is 0 Å². The topological polar surface area (TPSA) is 92.8 Å². The van der Waals surface area contributed by atoms with Crippen LogP contribution in [0.15, 0.2) is 53.4 Å². The molecule has 2 atom stereocenters. The number of hydrogen-bond donors (Lipinski definition) is 1. The lowest BCUT2D eigenvalue weighted by Gasteiger charge is -2.26. The molecule has 2 unspecified atom stereocenters. The van der Waals surface area contributed by atoms with Crippen LogP contribution >= 0.6 is 0 Å². The van der Waals surface area contributed by atoms with E-state index in [1.807, 2.05) is 24.3 Å². The third-order valence-corrected chi connectivity index (χ3v) is 7.93. The van der Waals surface area contributed by atoms with E-state index in [2.05, 4.69) is 19.2 Å². The molecule has 1 aliphatic rings. The highest BCUT2D eigenvalue weighted by Crippen LogP contribution is 2.27. The number of ether oxygens (including phenoxy) is 1. The van der Waals surface area contributed by atoms with Gasteiger partial charge in [-0.2, -0.15) is 4.31 Å². The van der Waals surface area contributed by atoms with Crippen LogP contribution in [0.2, 0.25) is 0 Å². The van der Waals surface area contributed by atoms with Gasteiger partial charge < -0.3 is 10.1 Å². The summed E-state index contributed by atoms with van der Waals surface area (Å²) in [7, 11) is -3.67. The summed E-state index contributed by atoms with van der Waals surface area (Å²) in [5.41, 5.74) is 1.80. The maximum absolute atomic E-state index is 12.9. The first kappa shape index (κ1) is 24.9. The van der Waals surface area contributed by atoms with Crippen molar-refractivity contribution >= 4 is 27.6 Å². The number of para-hydroxylation sites is 1. The predicted molar refractivity (Wildman–Crippen MR) is 128 cm³/mol. The van der Waals surface area contributed by atoms with Crippen LogP contribution in [-0.2, 0) is 19.6 Å². The summed E-state index contributed by atoms with van der Waals surface area (Å²) in [6.07, 6.45) is 2.54. The van der Waals surface area contributed by atoms with Gasteiger partial charge in [-0.1, -0.05) is 44.5 Å². The van der Waals surface area contributed by atoms with Crippen molar-refractivity contribution < 1.29 is 22.7 Å². The monoisotopic (exact) mass is 472 g/mol. The van der Waals surface area contributed by atoms with E-state index in [1.54, 1.807) is 0 Å². The first-order valence-electron chi connectivity index (χ1n) is 11.4. The van der Waals surface area contributed by atoms with Gasteiger partial charge in [0.1, 0.15) is 0 Å². The largest absolute Gasteiger partial charge is 0.449 e. The lowest BCUT2D eigenvalue weighted by molar-refractivity contribution is -0.123. The second kappa shape index (κ2) is 10.9. The fourth-order valence-corrected chi connectivity index (χ4v) is 5.38. The third kappa shape index (κ3) is 6.00. The molecular weight excluding hydrogens is 440 g/mol. The molecule has 0 bridgehead atoms. The molecule has 1 amide bonds. The van der Waals surface area contributed by atoms with Crippen LogP contribution < -0.4 is 5.32 Å². The molecule has 1 aliphatic heterocycles. The Morgan fingerprint density at radius 3 is 2.42 bits per heavy atom. The zero-order chi connectivity index (χ0) is 24.0. The fourth-order valence-electron chi connectivity index (χ4n) is 3.81. The lowest BCUT2D eigenvalue weighted by Crippen LogP contribution is -2.35. The minimum atomic E-state index is -3.67. The van der Waals surface area contributed by atoms with Gasteiger partial charge in [0.15, 0.2) is 6.10 Å². The van der Waals surface area contributed by atoms with Crippen LogP contribution in [0.1, 0.15) is 68.3 Å². The molecule has 0 spiro atoms. The average Bonchev–Trinajstić information content (AvgIpc) is 2.84. The maximum atomic E-state index is 12.9. The average molecular weight is 473 g/mol. The number of sulfonamides is 1.